The van der Waals surface area contributed by atoms with E-state index in [1.807, 2.05) is 0 Å². The molecule has 182 valence electrons. The number of benzene rings is 1. The number of anilines is 2. The van der Waals surface area contributed by atoms with Crippen molar-refractivity contribution >= 4 is 27.3 Å². The SMILES string of the molecule is O=C(Nc1cccc(S(=O)(=O)N2CCC(F)(F)CC2)c1)c1ccncc1N1CCC2(CC1)CC2. The third-order valence-corrected chi connectivity index (χ3v) is 9.24. The third kappa shape index (κ3) is 4.65. The lowest BCUT2D eigenvalue weighted by molar-refractivity contribution is -0.0412. The van der Waals surface area contributed by atoms with Gasteiger partial charge >= 0.3 is 0 Å². The first-order valence-electron chi connectivity index (χ1n) is 11.7. The van der Waals surface area contributed by atoms with Crippen molar-refractivity contribution in [1.29, 1.82) is 0 Å². The maximum Gasteiger partial charge on any atom is 0.257 e. The minimum absolute atomic E-state index is 0.0313. The second-order valence-electron chi connectivity index (χ2n) is 9.62. The number of nitrogens with one attached hydrogen (secondary N) is 1. The van der Waals surface area contributed by atoms with E-state index in [9.17, 15) is 22.0 Å². The van der Waals surface area contributed by atoms with Crippen LogP contribution in [0.2, 0.25) is 0 Å². The molecule has 2 aliphatic heterocycles. The van der Waals surface area contributed by atoms with Crippen LogP contribution in [0.5, 0.6) is 0 Å². The zero-order valence-corrected chi connectivity index (χ0v) is 19.7. The minimum atomic E-state index is -3.94. The molecule has 10 heteroatoms. The van der Waals surface area contributed by atoms with Gasteiger partial charge < -0.3 is 10.2 Å². The van der Waals surface area contributed by atoms with Gasteiger partial charge in [-0.3, -0.25) is 9.78 Å². The van der Waals surface area contributed by atoms with Crippen molar-refractivity contribution in [1.82, 2.24) is 9.29 Å². The summed E-state index contributed by atoms with van der Waals surface area (Å²) in [7, 11) is -3.94. The van der Waals surface area contributed by atoms with Gasteiger partial charge in [0.05, 0.1) is 22.3 Å². The Morgan fingerprint density at radius 2 is 1.68 bits per heavy atom. The summed E-state index contributed by atoms with van der Waals surface area (Å²) in [5.74, 6) is -3.19. The highest BCUT2D eigenvalue weighted by Crippen LogP contribution is 2.54. The van der Waals surface area contributed by atoms with Crippen LogP contribution in [0, 0.1) is 5.41 Å². The smallest absolute Gasteiger partial charge is 0.257 e. The molecule has 1 spiro atoms. The van der Waals surface area contributed by atoms with Crippen LogP contribution >= 0.6 is 0 Å². The highest BCUT2D eigenvalue weighted by atomic mass is 32.2. The molecule has 2 saturated heterocycles. The molecule has 2 aromatic rings. The lowest BCUT2D eigenvalue weighted by Crippen LogP contribution is -2.42. The highest BCUT2D eigenvalue weighted by Gasteiger charge is 2.44. The van der Waals surface area contributed by atoms with Crippen molar-refractivity contribution in [2.75, 3.05) is 36.4 Å². The van der Waals surface area contributed by atoms with Crippen molar-refractivity contribution in [2.24, 2.45) is 5.41 Å². The molecule has 0 unspecified atom stereocenters. The Kier molecular flexibility index (Phi) is 5.84. The summed E-state index contributed by atoms with van der Waals surface area (Å²) in [6, 6.07) is 7.60. The van der Waals surface area contributed by atoms with Crippen LogP contribution in [0.3, 0.4) is 0 Å². The molecule has 1 aliphatic carbocycles. The number of sulfonamides is 1. The van der Waals surface area contributed by atoms with E-state index < -0.39 is 28.8 Å². The number of rotatable bonds is 5. The minimum Gasteiger partial charge on any atom is -0.370 e. The standard InChI is InChI=1S/C24H28F2N4O3S/c25-24(26)9-14-30(15-10-24)34(32,33)19-3-1-2-18(16-19)28-22(31)20-4-11-27-17-21(20)29-12-7-23(5-6-23)8-13-29/h1-4,11,16-17H,5-10,12-15H2,(H,28,31). The van der Waals surface area contributed by atoms with Gasteiger partial charge in [0, 0.05) is 50.9 Å². The van der Waals surface area contributed by atoms with Crippen molar-refractivity contribution in [3.8, 4) is 0 Å². The molecule has 3 aliphatic rings. The quantitative estimate of drug-likeness (QED) is 0.682. The molecule has 34 heavy (non-hydrogen) atoms. The van der Waals surface area contributed by atoms with E-state index in [-0.39, 0.29) is 23.9 Å². The van der Waals surface area contributed by atoms with Crippen LogP contribution in [-0.2, 0) is 10.0 Å². The normalized spacial score (nSPS) is 21.9. The molecular formula is C24H28F2N4O3S. The van der Waals surface area contributed by atoms with Gasteiger partial charge in [-0.2, -0.15) is 4.31 Å². The van der Waals surface area contributed by atoms with Crippen LogP contribution in [0.4, 0.5) is 20.2 Å². The summed E-state index contributed by atoms with van der Waals surface area (Å²) in [4.78, 5) is 19.5. The third-order valence-electron chi connectivity index (χ3n) is 7.35. The van der Waals surface area contributed by atoms with E-state index in [0.717, 1.165) is 35.9 Å². The molecule has 3 fully saturated rings. The number of amides is 1. The summed E-state index contributed by atoms with van der Waals surface area (Å²) < 4.78 is 54.0. The molecule has 3 heterocycles. The fourth-order valence-corrected chi connectivity index (χ4v) is 6.35. The van der Waals surface area contributed by atoms with Gasteiger partial charge in [0.25, 0.3) is 11.8 Å². The maximum atomic E-state index is 13.5. The fraction of sp³-hybridized carbons (Fsp3) is 0.500. The molecule has 1 amide bonds. The number of aromatic nitrogens is 1. The Hall–Kier alpha value is -2.59. The number of carbonyl (C=O) groups is 1. The Bertz CT molecular complexity index is 1180. The second kappa shape index (κ2) is 8.57. The predicted octanol–water partition coefficient (Wildman–Crippen LogP) is 4.13. The molecule has 7 nitrogen and oxygen atoms in total. The van der Waals surface area contributed by atoms with Gasteiger partial charge in [0.15, 0.2) is 0 Å². The molecule has 1 saturated carbocycles. The average molecular weight is 491 g/mol. The Balaban J connectivity index is 1.31. The summed E-state index contributed by atoms with van der Waals surface area (Å²) >= 11 is 0. The lowest BCUT2D eigenvalue weighted by atomic mass is 9.93. The van der Waals surface area contributed by atoms with Gasteiger partial charge in [-0.05, 0) is 55.4 Å². The van der Waals surface area contributed by atoms with Crippen LogP contribution in [-0.4, -0.2) is 55.7 Å². The van der Waals surface area contributed by atoms with Crippen LogP contribution < -0.4 is 10.2 Å². The largest absolute Gasteiger partial charge is 0.370 e. The molecule has 0 radical (unpaired) electrons. The highest BCUT2D eigenvalue weighted by molar-refractivity contribution is 7.89. The molecular weight excluding hydrogens is 462 g/mol. The summed E-state index contributed by atoms with van der Waals surface area (Å²) in [5.41, 5.74) is 2.09. The Morgan fingerprint density at radius 1 is 0.971 bits per heavy atom. The Morgan fingerprint density at radius 3 is 2.35 bits per heavy atom. The topological polar surface area (TPSA) is 82.6 Å². The van der Waals surface area contributed by atoms with Gasteiger partial charge in [-0.25, -0.2) is 17.2 Å². The van der Waals surface area contributed by atoms with Gasteiger partial charge in [0.2, 0.25) is 10.0 Å². The number of nitrogens with zero attached hydrogens (tertiary/aromatic N) is 3. The first-order valence-corrected chi connectivity index (χ1v) is 13.1. The molecule has 0 atom stereocenters. The van der Waals surface area contributed by atoms with E-state index in [1.165, 1.54) is 31.0 Å². The van der Waals surface area contributed by atoms with Crippen molar-refractivity contribution in [3.63, 3.8) is 0 Å². The number of pyridine rings is 1. The average Bonchev–Trinajstić information content (AvgIpc) is 3.58. The summed E-state index contributed by atoms with van der Waals surface area (Å²) in [6.07, 6.45) is 7.10. The van der Waals surface area contributed by atoms with Crippen LogP contribution in [0.15, 0.2) is 47.6 Å². The second-order valence-corrected chi connectivity index (χ2v) is 11.6. The van der Waals surface area contributed by atoms with Gasteiger partial charge in [-0.15, -0.1) is 0 Å². The van der Waals surface area contributed by atoms with Crippen molar-refractivity contribution < 1.29 is 22.0 Å². The number of alkyl halides is 2. The van der Waals surface area contributed by atoms with E-state index in [4.69, 9.17) is 0 Å². The van der Waals surface area contributed by atoms with Crippen LogP contribution in [0.25, 0.3) is 0 Å². The summed E-state index contributed by atoms with van der Waals surface area (Å²) in [6.45, 7) is 1.30. The number of hydrogen-bond acceptors (Lipinski definition) is 5. The molecule has 1 aromatic carbocycles. The fourth-order valence-electron chi connectivity index (χ4n) is 4.86. The van der Waals surface area contributed by atoms with E-state index in [2.05, 4.69) is 15.2 Å². The van der Waals surface area contributed by atoms with E-state index in [1.54, 1.807) is 24.5 Å². The van der Waals surface area contributed by atoms with Gasteiger partial charge in [-0.1, -0.05) is 6.07 Å². The molecule has 0 bridgehead atoms. The Labute approximate surface area is 198 Å². The predicted molar refractivity (Wildman–Crippen MR) is 125 cm³/mol. The van der Waals surface area contributed by atoms with Crippen LogP contribution in [0.1, 0.15) is 48.9 Å². The van der Waals surface area contributed by atoms with Gasteiger partial charge in [0.1, 0.15) is 0 Å². The monoisotopic (exact) mass is 490 g/mol. The number of piperidine rings is 2. The zero-order chi connectivity index (χ0) is 24.0. The van der Waals surface area contributed by atoms with E-state index in [0.29, 0.717) is 16.7 Å². The zero-order valence-electron chi connectivity index (χ0n) is 18.8. The van der Waals surface area contributed by atoms with Crippen molar-refractivity contribution in [3.05, 3.63) is 48.3 Å². The first kappa shape index (κ1) is 23.2. The lowest BCUT2D eigenvalue weighted by Gasteiger charge is -2.34. The number of carbonyl (C=O) groups excluding carboxylic acids is 1. The number of halogens is 2. The molecule has 1 aromatic heterocycles. The van der Waals surface area contributed by atoms with Crippen molar-refractivity contribution in [2.45, 2.75) is 49.3 Å². The maximum absolute atomic E-state index is 13.5. The molecule has 1 N–H and O–H groups in total. The van der Waals surface area contributed by atoms with E-state index >= 15 is 0 Å². The number of hydrogen-bond donors (Lipinski definition) is 1. The first-order chi connectivity index (χ1) is 16.2. The summed E-state index contributed by atoms with van der Waals surface area (Å²) in [5, 5.41) is 2.80. The molecule has 5 rings (SSSR count).